The zero-order chi connectivity index (χ0) is 23.0. The molecule has 4 rings (SSSR count). The van der Waals surface area contributed by atoms with Crippen LogP contribution < -0.4 is 10.2 Å². The number of hydrogen-bond acceptors (Lipinski definition) is 5. The van der Waals surface area contributed by atoms with Gasteiger partial charge in [-0.15, -0.1) is 0 Å². The van der Waals surface area contributed by atoms with Crippen molar-refractivity contribution in [3.05, 3.63) is 59.7 Å². The summed E-state index contributed by atoms with van der Waals surface area (Å²) in [5.74, 6) is -2.73. The number of para-hydroxylation sites is 1. The minimum absolute atomic E-state index is 0.283. The molecule has 2 aromatic rings. The van der Waals surface area contributed by atoms with Gasteiger partial charge in [0.25, 0.3) is 18.7 Å². The molecule has 3 amide bonds. The molecule has 2 heterocycles. The van der Waals surface area contributed by atoms with E-state index in [1.165, 1.54) is 17.0 Å². The summed E-state index contributed by atoms with van der Waals surface area (Å²) in [6.45, 7) is 1.97. The number of anilines is 2. The number of alkyl halides is 3. The van der Waals surface area contributed by atoms with Crippen LogP contribution in [0.1, 0.15) is 11.1 Å². The molecule has 0 bridgehead atoms. The zero-order valence-electron chi connectivity index (χ0n) is 17.0. The van der Waals surface area contributed by atoms with Crippen molar-refractivity contribution < 1.29 is 32.3 Å². The molecule has 8 nitrogen and oxygen atoms in total. The van der Waals surface area contributed by atoms with Crippen molar-refractivity contribution in [3.63, 3.8) is 0 Å². The van der Waals surface area contributed by atoms with Gasteiger partial charge < -0.3 is 10.2 Å². The first-order chi connectivity index (χ1) is 15.1. The van der Waals surface area contributed by atoms with Gasteiger partial charge in [0.2, 0.25) is 0 Å². The van der Waals surface area contributed by atoms with Gasteiger partial charge in [-0.1, -0.05) is 29.8 Å². The fourth-order valence-corrected chi connectivity index (χ4v) is 3.63. The first kappa shape index (κ1) is 21.5. The number of nitrogens with zero attached hydrogens (tertiary/aromatic N) is 4. The SMILES string of the molecule is Cc1ccc(N2CCN3C(=O)C(=O)[N+](CC(=O)Nc4ccccc4C(F)(F)F)=NC32)cc1. The number of carbonyl (C=O) groups excluding carboxylic acids is 3. The first-order valence-electron chi connectivity index (χ1n) is 9.78. The van der Waals surface area contributed by atoms with E-state index in [2.05, 4.69) is 10.4 Å². The Hall–Kier alpha value is -3.76. The summed E-state index contributed by atoms with van der Waals surface area (Å²) >= 11 is 0. The van der Waals surface area contributed by atoms with Gasteiger partial charge in [0.1, 0.15) is 0 Å². The summed E-state index contributed by atoms with van der Waals surface area (Å²) in [6.07, 6.45) is -5.48. The highest BCUT2D eigenvalue weighted by Gasteiger charge is 2.49. The number of nitrogens with one attached hydrogen (secondary N) is 1. The molecule has 1 unspecified atom stereocenters. The van der Waals surface area contributed by atoms with E-state index < -0.39 is 48.0 Å². The van der Waals surface area contributed by atoms with Crippen LogP contribution in [0.3, 0.4) is 0 Å². The quantitative estimate of drug-likeness (QED) is 0.578. The molecule has 1 atom stereocenters. The molecular weight excluding hydrogens is 427 g/mol. The van der Waals surface area contributed by atoms with Crippen molar-refractivity contribution in [2.24, 2.45) is 5.11 Å². The predicted octanol–water partition coefficient (Wildman–Crippen LogP) is 2.59. The van der Waals surface area contributed by atoms with E-state index in [0.29, 0.717) is 11.2 Å². The van der Waals surface area contributed by atoms with E-state index in [-0.39, 0.29) is 6.54 Å². The number of azo groups is 2. The summed E-state index contributed by atoms with van der Waals surface area (Å²) in [7, 11) is 0. The lowest BCUT2D eigenvalue weighted by atomic mass is 10.1. The third-order valence-corrected chi connectivity index (χ3v) is 5.23. The van der Waals surface area contributed by atoms with Crippen LogP contribution >= 0.6 is 0 Å². The summed E-state index contributed by atoms with van der Waals surface area (Å²) in [5, 5.41) is 6.40. The second-order valence-electron chi connectivity index (χ2n) is 7.44. The smallest absolute Gasteiger partial charge is 0.326 e. The van der Waals surface area contributed by atoms with Gasteiger partial charge in [-0.2, -0.15) is 13.2 Å². The number of amides is 3. The maximum absolute atomic E-state index is 13.2. The number of carbonyl (C=O) groups is 3. The summed E-state index contributed by atoms with van der Waals surface area (Å²) in [5.41, 5.74) is 0.384. The largest absolute Gasteiger partial charge is 0.502 e. The van der Waals surface area contributed by atoms with Gasteiger partial charge in [-0.3, -0.25) is 14.5 Å². The van der Waals surface area contributed by atoms with Crippen molar-refractivity contribution in [2.75, 3.05) is 29.9 Å². The highest BCUT2D eigenvalue weighted by atomic mass is 19.4. The number of halogens is 3. The highest BCUT2D eigenvalue weighted by molar-refractivity contribution is 6.32. The maximum Gasteiger partial charge on any atom is 0.502 e. The first-order valence-corrected chi connectivity index (χ1v) is 9.78. The lowest BCUT2D eigenvalue weighted by Gasteiger charge is -2.27. The van der Waals surface area contributed by atoms with E-state index in [0.717, 1.165) is 23.4 Å². The monoisotopic (exact) mass is 446 g/mol. The highest BCUT2D eigenvalue weighted by Crippen LogP contribution is 2.34. The Kier molecular flexibility index (Phi) is 5.41. The van der Waals surface area contributed by atoms with E-state index in [4.69, 9.17) is 0 Å². The Morgan fingerprint density at radius 2 is 1.75 bits per heavy atom. The molecule has 1 saturated heterocycles. The molecule has 11 heteroatoms. The maximum atomic E-state index is 13.2. The van der Waals surface area contributed by atoms with Crippen molar-refractivity contribution in [2.45, 2.75) is 19.4 Å². The molecule has 0 saturated carbocycles. The van der Waals surface area contributed by atoms with Gasteiger partial charge in [0.15, 0.2) is 0 Å². The topological polar surface area (TPSA) is 85.1 Å². The average Bonchev–Trinajstić information content (AvgIpc) is 3.16. The molecule has 1 fully saturated rings. The van der Waals surface area contributed by atoms with E-state index in [1.54, 1.807) is 0 Å². The van der Waals surface area contributed by atoms with Crippen LogP contribution in [0.25, 0.3) is 0 Å². The van der Waals surface area contributed by atoms with Crippen LogP contribution in [0, 0.1) is 6.92 Å². The van der Waals surface area contributed by atoms with Crippen molar-refractivity contribution in [3.8, 4) is 0 Å². The lowest BCUT2D eigenvalue weighted by Crippen LogP contribution is -2.52. The van der Waals surface area contributed by atoms with Crippen LogP contribution in [-0.2, 0) is 20.6 Å². The molecule has 32 heavy (non-hydrogen) atoms. The Morgan fingerprint density at radius 1 is 1.09 bits per heavy atom. The van der Waals surface area contributed by atoms with Gasteiger partial charge in [0, 0.05) is 23.9 Å². The van der Waals surface area contributed by atoms with Crippen LogP contribution in [0.5, 0.6) is 0 Å². The molecule has 2 aliphatic heterocycles. The molecule has 2 aliphatic rings. The zero-order valence-corrected chi connectivity index (χ0v) is 17.0. The molecule has 0 aromatic heterocycles. The molecule has 2 aromatic carbocycles. The Labute approximate surface area is 180 Å². The Bertz CT molecular complexity index is 1110. The number of aryl methyl sites for hydroxylation is 1. The van der Waals surface area contributed by atoms with E-state index in [9.17, 15) is 27.6 Å². The fourth-order valence-electron chi connectivity index (χ4n) is 3.63. The third kappa shape index (κ3) is 4.05. The van der Waals surface area contributed by atoms with Crippen LogP contribution in [0.15, 0.2) is 53.6 Å². The molecule has 0 aliphatic carbocycles. The van der Waals surface area contributed by atoms with Gasteiger partial charge in [-0.25, -0.2) is 4.79 Å². The van der Waals surface area contributed by atoms with E-state index >= 15 is 0 Å². The summed E-state index contributed by atoms with van der Waals surface area (Å²) in [4.78, 5) is 40.5. The lowest BCUT2D eigenvalue weighted by molar-refractivity contribution is -0.509. The summed E-state index contributed by atoms with van der Waals surface area (Å²) < 4.78 is 40.2. The molecule has 1 N–H and O–H groups in total. The minimum atomic E-state index is -4.66. The third-order valence-electron chi connectivity index (χ3n) is 5.23. The van der Waals surface area contributed by atoms with Gasteiger partial charge in [0.05, 0.1) is 11.3 Å². The standard InChI is InChI=1S/C21H18F3N5O3/c1-13-6-8-14(9-7-13)27-10-11-28-18(31)19(32)29(26-20(27)28)12-17(30)25-16-5-3-2-4-15(16)21(22,23)24/h2-9,20H,10-12H2,1H3/p+1. The number of fused-ring (bicyclic) bond motifs is 1. The Balaban J connectivity index is 1.56. The van der Waals surface area contributed by atoms with Crippen molar-refractivity contribution >= 4 is 29.1 Å². The van der Waals surface area contributed by atoms with Crippen LogP contribution in [0.2, 0.25) is 0 Å². The van der Waals surface area contributed by atoms with Crippen molar-refractivity contribution in [1.82, 2.24) is 4.90 Å². The predicted molar refractivity (Wildman–Crippen MR) is 107 cm³/mol. The molecule has 0 spiro atoms. The molecule has 0 radical (unpaired) electrons. The second kappa shape index (κ2) is 8.06. The molecule has 166 valence electrons. The normalized spacial score (nSPS) is 18.5. The molecular formula is C21H19F3N5O3+. The number of rotatable bonds is 4. The minimum Gasteiger partial charge on any atom is -0.326 e. The summed E-state index contributed by atoms with van der Waals surface area (Å²) in [6, 6.07) is 12.0. The van der Waals surface area contributed by atoms with Gasteiger partial charge in [-0.05, 0) is 35.9 Å². The van der Waals surface area contributed by atoms with Crippen molar-refractivity contribution in [1.29, 1.82) is 0 Å². The van der Waals surface area contributed by atoms with Crippen LogP contribution in [-0.4, -0.2) is 53.2 Å². The second-order valence-corrected chi connectivity index (χ2v) is 7.44. The Morgan fingerprint density at radius 3 is 2.44 bits per heavy atom. The average molecular weight is 446 g/mol. The number of hydrogen-bond donors (Lipinski definition) is 1. The van der Waals surface area contributed by atoms with Crippen LogP contribution in [0.4, 0.5) is 24.5 Å². The van der Waals surface area contributed by atoms with Gasteiger partial charge >= 0.3 is 18.0 Å². The number of benzene rings is 2. The fraction of sp³-hybridized carbons (Fsp3) is 0.286. The van der Waals surface area contributed by atoms with E-state index in [1.807, 2.05) is 36.1 Å².